The summed E-state index contributed by atoms with van der Waals surface area (Å²) in [6.45, 7) is 0. The Morgan fingerprint density at radius 2 is 2.23 bits per heavy atom. The molecule has 3 nitrogen and oxygen atoms in total. The van der Waals surface area contributed by atoms with E-state index < -0.39 is 18.0 Å². The predicted octanol–water partition coefficient (Wildman–Crippen LogP) is 1.86. The second-order valence-corrected chi connectivity index (χ2v) is 3.02. The van der Waals surface area contributed by atoms with Gasteiger partial charge in [0.15, 0.2) is 0 Å². The number of aromatic nitrogens is 2. The van der Waals surface area contributed by atoms with Crippen LogP contribution in [0, 0.1) is 0 Å². The zero-order chi connectivity index (χ0) is 10.1. The molecule has 1 aromatic rings. The monoisotopic (exact) mass is 258 g/mol. The first-order chi connectivity index (χ1) is 5.96. The average Bonchev–Trinajstić information content (AvgIpc) is 2.49. The molecule has 2 N–H and O–H groups in total. The standard InChI is InChI=1S/C6H6BrF3N2O/c7-1-4(13)3-2-11-12-5(3)6(8,9)10/h2,4,13H,1H2,(H,11,12). The molecule has 0 saturated carbocycles. The third kappa shape index (κ3) is 2.22. The van der Waals surface area contributed by atoms with Gasteiger partial charge in [0, 0.05) is 10.9 Å². The Balaban J connectivity index is 3.03. The van der Waals surface area contributed by atoms with Crippen LogP contribution in [0.3, 0.4) is 0 Å². The summed E-state index contributed by atoms with van der Waals surface area (Å²) >= 11 is 2.88. The van der Waals surface area contributed by atoms with Crippen LogP contribution >= 0.6 is 15.9 Å². The fraction of sp³-hybridized carbons (Fsp3) is 0.500. The Kier molecular flexibility index (Phi) is 2.97. The summed E-state index contributed by atoms with van der Waals surface area (Å²) in [4.78, 5) is 0. The third-order valence-electron chi connectivity index (χ3n) is 1.46. The molecular formula is C6H6BrF3N2O. The van der Waals surface area contributed by atoms with Gasteiger partial charge in [-0.25, -0.2) is 0 Å². The molecule has 0 radical (unpaired) electrons. The molecule has 0 amide bonds. The Hall–Kier alpha value is -0.560. The van der Waals surface area contributed by atoms with E-state index in [1.165, 1.54) is 0 Å². The first-order valence-electron chi connectivity index (χ1n) is 3.31. The van der Waals surface area contributed by atoms with Gasteiger partial charge in [-0.1, -0.05) is 15.9 Å². The normalized spacial score (nSPS) is 14.5. The largest absolute Gasteiger partial charge is 0.433 e. The molecule has 13 heavy (non-hydrogen) atoms. The fourth-order valence-electron chi connectivity index (χ4n) is 0.858. The van der Waals surface area contributed by atoms with E-state index in [4.69, 9.17) is 5.11 Å². The number of H-pyrrole nitrogens is 1. The van der Waals surface area contributed by atoms with Gasteiger partial charge in [-0.2, -0.15) is 18.3 Å². The van der Waals surface area contributed by atoms with Gasteiger partial charge >= 0.3 is 6.18 Å². The van der Waals surface area contributed by atoms with E-state index in [0.29, 0.717) is 0 Å². The fourth-order valence-corrected chi connectivity index (χ4v) is 1.21. The van der Waals surface area contributed by atoms with Crippen LogP contribution in [0.2, 0.25) is 0 Å². The van der Waals surface area contributed by atoms with E-state index in [2.05, 4.69) is 21.0 Å². The maximum atomic E-state index is 12.2. The Morgan fingerprint density at radius 1 is 1.62 bits per heavy atom. The van der Waals surface area contributed by atoms with Gasteiger partial charge in [0.25, 0.3) is 0 Å². The van der Waals surface area contributed by atoms with Crippen molar-refractivity contribution in [2.24, 2.45) is 0 Å². The molecule has 0 fully saturated rings. The molecule has 0 saturated heterocycles. The van der Waals surface area contributed by atoms with Crippen molar-refractivity contribution in [3.05, 3.63) is 17.5 Å². The van der Waals surface area contributed by atoms with Crippen molar-refractivity contribution in [2.75, 3.05) is 5.33 Å². The molecule has 7 heteroatoms. The van der Waals surface area contributed by atoms with Gasteiger partial charge in [-0.3, -0.25) is 5.10 Å². The van der Waals surface area contributed by atoms with Crippen LogP contribution in [-0.2, 0) is 6.18 Å². The predicted molar refractivity (Wildman–Crippen MR) is 42.3 cm³/mol. The Labute approximate surface area is 80.1 Å². The van der Waals surface area contributed by atoms with Crippen molar-refractivity contribution in [1.82, 2.24) is 10.2 Å². The third-order valence-corrected chi connectivity index (χ3v) is 2.07. The number of aliphatic hydroxyl groups is 1. The number of nitrogens with zero attached hydrogens (tertiary/aromatic N) is 1. The van der Waals surface area contributed by atoms with Crippen molar-refractivity contribution in [1.29, 1.82) is 0 Å². The van der Waals surface area contributed by atoms with Crippen molar-refractivity contribution in [2.45, 2.75) is 12.3 Å². The van der Waals surface area contributed by atoms with Crippen molar-refractivity contribution in [3.63, 3.8) is 0 Å². The molecule has 0 aromatic carbocycles. The molecule has 1 aromatic heterocycles. The molecule has 1 rings (SSSR count). The van der Waals surface area contributed by atoms with Gasteiger partial charge in [0.05, 0.1) is 12.3 Å². The number of halogens is 4. The van der Waals surface area contributed by atoms with Crippen LogP contribution in [0.5, 0.6) is 0 Å². The number of hydrogen-bond donors (Lipinski definition) is 2. The average molecular weight is 259 g/mol. The number of hydrogen-bond acceptors (Lipinski definition) is 2. The molecule has 0 spiro atoms. The summed E-state index contributed by atoms with van der Waals surface area (Å²) in [5, 5.41) is 14.2. The highest BCUT2D eigenvalue weighted by Crippen LogP contribution is 2.33. The van der Waals surface area contributed by atoms with E-state index in [1.54, 1.807) is 5.10 Å². The highest BCUT2D eigenvalue weighted by molar-refractivity contribution is 9.09. The second-order valence-electron chi connectivity index (χ2n) is 2.37. The summed E-state index contributed by atoms with van der Waals surface area (Å²) < 4.78 is 36.5. The second kappa shape index (κ2) is 3.67. The number of aromatic amines is 1. The summed E-state index contributed by atoms with van der Waals surface area (Å²) in [6.07, 6.45) is -4.74. The highest BCUT2D eigenvalue weighted by atomic mass is 79.9. The SMILES string of the molecule is OC(CBr)c1cn[nH]c1C(F)(F)F. The van der Waals surface area contributed by atoms with E-state index in [0.717, 1.165) is 6.20 Å². The Morgan fingerprint density at radius 3 is 2.69 bits per heavy atom. The Bertz CT molecular complexity index is 286. The van der Waals surface area contributed by atoms with E-state index in [1.807, 2.05) is 0 Å². The summed E-state index contributed by atoms with van der Waals surface area (Å²) in [5.41, 5.74) is -1.25. The summed E-state index contributed by atoms with van der Waals surface area (Å²) in [6, 6.07) is 0. The molecule has 0 aliphatic carbocycles. The van der Waals surface area contributed by atoms with Crippen molar-refractivity contribution < 1.29 is 18.3 Å². The lowest BCUT2D eigenvalue weighted by atomic mass is 10.1. The van der Waals surface area contributed by atoms with Gasteiger partial charge in [0.2, 0.25) is 0 Å². The number of nitrogens with one attached hydrogen (secondary N) is 1. The van der Waals surface area contributed by atoms with E-state index in [9.17, 15) is 13.2 Å². The maximum absolute atomic E-state index is 12.2. The van der Waals surface area contributed by atoms with Crippen molar-refractivity contribution >= 4 is 15.9 Å². The van der Waals surface area contributed by atoms with Gasteiger partial charge in [-0.05, 0) is 0 Å². The summed E-state index contributed by atoms with van der Waals surface area (Å²) in [7, 11) is 0. The number of aliphatic hydroxyl groups excluding tert-OH is 1. The highest BCUT2D eigenvalue weighted by Gasteiger charge is 2.36. The molecular weight excluding hydrogens is 253 g/mol. The van der Waals surface area contributed by atoms with Crippen LogP contribution in [0.1, 0.15) is 17.4 Å². The van der Waals surface area contributed by atoms with E-state index in [-0.39, 0.29) is 10.9 Å². The lowest BCUT2D eigenvalue weighted by Crippen LogP contribution is -2.11. The zero-order valence-corrected chi connectivity index (χ0v) is 7.85. The first-order valence-corrected chi connectivity index (χ1v) is 4.43. The summed E-state index contributed by atoms with van der Waals surface area (Å²) in [5.74, 6) is 0. The molecule has 0 bridgehead atoms. The minimum Gasteiger partial charge on any atom is -0.387 e. The molecule has 1 atom stereocenters. The van der Waals surface area contributed by atoms with Crippen LogP contribution in [0.4, 0.5) is 13.2 Å². The van der Waals surface area contributed by atoms with Gasteiger partial charge < -0.3 is 5.11 Å². The molecule has 0 aliphatic heterocycles. The van der Waals surface area contributed by atoms with Crippen LogP contribution in [0.25, 0.3) is 0 Å². The first kappa shape index (κ1) is 10.5. The van der Waals surface area contributed by atoms with E-state index >= 15 is 0 Å². The molecule has 1 heterocycles. The maximum Gasteiger partial charge on any atom is 0.433 e. The number of alkyl halides is 4. The van der Waals surface area contributed by atoms with Gasteiger partial charge in [0.1, 0.15) is 5.69 Å². The molecule has 1 unspecified atom stereocenters. The number of rotatable bonds is 2. The van der Waals surface area contributed by atoms with Crippen LogP contribution < -0.4 is 0 Å². The van der Waals surface area contributed by atoms with Gasteiger partial charge in [-0.15, -0.1) is 0 Å². The van der Waals surface area contributed by atoms with Crippen molar-refractivity contribution in [3.8, 4) is 0 Å². The molecule has 74 valence electrons. The van der Waals surface area contributed by atoms with Crippen LogP contribution in [-0.4, -0.2) is 20.6 Å². The van der Waals surface area contributed by atoms with Crippen LogP contribution in [0.15, 0.2) is 6.20 Å². The zero-order valence-electron chi connectivity index (χ0n) is 6.27. The smallest absolute Gasteiger partial charge is 0.387 e. The lowest BCUT2D eigenvalue weighted by molar-refractivity contribution is -0.142. The quantitative estimate of drug-likeness (QED) is 0.796. The topological polar surface area (TPSA) is 48.9 Å². The minimum absolute atomic E-state index is 0.0373. The lowest BCUT2D eigenvalue weighted by Gasteiger charge is -2.09. The molecule has 0 aliphatic rings. The minimum atomic E-state index is -4.50.